The summed E-state index contributed by atoms with van der Waals surface area (Å²) >= 11 is 0. The summed E-state index contributed by atoms with van der Waals surface area (Å²) in [7, 11) is 0. The molecule has 0 spiro atoms. The van der Waals surface area contributed by atoms with Gasteiger partial charge in [0.1, 0.15) is 0 Å². The standard InChI is InChI=1S/C11H8N2O3/c14-11(15)10-13-12-9(16-10)8-5-6-3-1-2-4-7(6)8/h1-4,8H,5H2,(H,14,15). The van der Waals surface area contributed by atoms with Crippen LogP contribution in [0.3, 0.4) is 0 Å². The van der Waals surface area contributed by atoms with E-state index < -0.39 is 5.97 Å². The molecule has 1 aliphatic carbocycles. The molecule has 3 rings (SSSR count). The van der Waals surface area contributed by atoms with Crippen molar-refractivity contribution in [1.82, 2.24) is 10.2 Å². The molecule has 0 saturated heterocycles. The van der Waals surface area contributed by atoms with Crippen molar-refractivity contribution < 1.29 is 14.3 Å². The van der Waals surface area contributed by atoms with Gasteiger partial charge in [-0.05, 0) is 17.5 Å². The van der Waals surface area contributed by atoms with Crippen LogP contribution in [0.15, 0.2) is 28.7 Å². The van der Waals surface area contributed by atoms with Crippen LogP contribution in [0.25, 0.3) is 0 Å². The predicted octanol–water partition coefficient (Wildman–Crippen LogP) is 1.46. The van der Waals surface area contributed by atoms with E-state index in [2.05, 4.69) is 10.2 Å². The Morgan fingerprint density at radius 3 is 2.88 bits per heavy atom. The lowest BCUT2D eigenvalue weighted by Crippen LogP contribution is -2.18. The Morgan fingerprint density at radius 2 is 2.19 bits per heavy atom. The maximum Gasteiger partial charge on any atom is 0.393 e. The Morgan fingerprint density at radius 1 is 1.38 bits per heavy atom. The Bertz CT molecular complexity index is 562. The third kappa shape index (κ3) is 1.21. The number of carbonyl (C=O) groups is 1. The van der Waals surface area contributed by atoms with Crippen LogP contribution >= 0.6 is 0 Å². The summed E-state index contributed by atoms with van der Waals surface area (Å²) in [4.78, 5) is 10.6. The highest BCUT2D eigenvalue weighted by Gasteiger charge is 2.32. The largest absolute Gasteiger partial charge is 0.474 e. The third-order valence-electron chi connectivity index (χ3n) is 2.78. The van der Waals surface area contributed by atoms with Crippen molar-refractivity contribution in [2.24, 2.45) is 0 Å². The smallest absolute Gasteiger partial charge is 0.393 e. The van der Waals surface area contributed by atoms with Crippen molar-refractivity contribution in [3.8, 4) is 0 Å². The minimum atomic E-state index is -1.19. The van der Waals surface area contributed by atoms with Gasteiger partial charge in [0.15, 0.2) is 0 Å². The van der Waals surface area contributed by atoms with Gasteiger partial charge in [-0.15, -0.1) is 10.2 Å². The quantitative estimate of drug-likeness (QED) is 0.822. The first kappa shape index (κ1) is 9.08. The fourth-order valence-corrected chi connectivity index (χ4v) is 1.94. The summed E-state index contributed by atoms with van der Waals surface area (Å²) in [6.45, 7) is 0. The summed E-state index contributed by atoms with van der Waals surface area (Å²) in [5.74, 6) is -1.10. The van der Waals surface area contributed by atoms with Crippen molar-refractivity contribution >= 4 is 5.97 Å². The highest BCUT2D eigenvalue weighted by Crippen LogP contribution is 2.38. The minimum Gasteiger partial charge on any atom is -0.474 e. The number of fused-ring (bicyclic) bond motifs is 1. The second-order valence-corrected chi connectivity index (χ2v) is 3.71. The summed E-state index contributed by atoms with van der Waals surface area (Å²) in [5, 5.41) is 15.9. The van der Waals surface area contributed by atoms with E-state index in [-0.39, 0.29) is 11.8 Å². The van der Waals surface area contributed by atoms with Gasteiger partial charge >= 0.3 is 11.9 Å². The Labute approximate surface area is 90.7 Å². The number of nitrogens with zero attached hydrogens (tertiary/aromatic N) is 2. The molecule has 1 heterocycles. The molecule has 80 valence electrons. The van der Waals surface area contributed by atoms with Gasteiger partial charge in [-0.25, -0.2) is 4.79 Å². The second kappa shape index (κ2) is 3.16. The molecule has 1 aromatic heterocycles. The molecule has 2 aromatic rings. The summed E-state index contributed by atoms with van der Waals surface area (Å²) in [5.41, 5.74) is 2.39. The van der Waals surface area contributed by atoms with Gasteiger partial charge in [-0.2, -0.15) is 0 Å². The number of aromatic nitrogens is 2. The second-order valence-electron chi connectivity index (χ2n) is 3.71. The van der Waals surface area contributed by atoms with E-state index in [4.69, 9.17) is 9.52 Å². The molecule has 0 fully saturated rings. The van der Waals surface area contributed by atoms with Crippen molar-refractivity contribution in [2.75, 3.05) is 0 Å². The molecule has 1 aliphatic rings. The molecule has 1 unspecified atom stereocenters. The highest BCUT2D eigenvalue weighted by molar-refractivity contribution is 5.81. The van der Waals surface area contributed by atoms with E-state index in [0.29, 0.717) is 5.89 Å². The van der Waals surface area contributed by atoms with Crippen LogP contribution in [0.1, 0.15) is 33.6 Å². The van der Waals surface area contributed by atoms with Gasteiger partial charge in [-0.3, -0.25) is 0 Å². The van der Waals surface area contributed by atoms with Crippen molar-refractivity contribution in [1.29, 1.82) is 0 Å². The molecule has 0 bridgehead atoms. The van der Waals surface area contributed by atoms with Gasteiger partial charge in [-0.1, -0.05) is 24.3 Å². The van der Waals surface area contributed by atoms with Crippen LogP contribution in [0.4, 0.5) is 0 Å². The molecular formula is C11H8N2O3. The van der Waals surface area contributed by atoms with E-state index >= 15 is 0 Å². The van der Waals surface area contributed by atoms with Gasteiger partial charge in [0.25, 0.3) is 0 Å². The zero-order chi connectivity index (χ0) is 11.1. The van der Waals surface area contributed by atoms with E-state index in [1.807, 2.05) is 24.3 Å². The third-order valence-corrected chi connectivity index (χ3v) is 2.78. The number of carboxylic acid groups (broad SMARTS) is 1. The minimum absolute atomic E-state index is 0.0526. The van der Waals surface area contributed by atoms with Crippen LogP contribution in [0.5, 0.6) is 0 Å². The van der Waals surface area contributed by atoms with E-state index in [1.165, 1.54) is 5.56 Å². The van der Waals surface area contributed by atoms with Crippen LogP contribution in [0, 0.1) is 0 Å². The van der Waals surface area contributed by atoms with Crippen molar-refractivity contribution in [3.63, 3.8) is 0 Å². The van der Waals surface area contributed by atoms with Crippen molar-refractivity contribution in [2.45, 2.75) is 12.3 Å². The number of hydrogen-bond acceptors (Lipinski definition) is 4. The maximum atomic E-state index is 10.6. The van der Waals surface area contributed by atoms with Gasteiger partial charge in [0.2, 0.25) is 5.89 Å². The van der Waals surface area contributed by atoms with Crippen LogP contribution < -0.4 is 0 Å². The first-order valence-electron chi connectivity index (χ1n) is 4.90. The molecule has 16 heavy (non-hydrogen) atoms. The first-order valence-corrected chi connectivity index (χ1v) is 4.90. The highest BCUT2D eigenvalue weighted by atomic mass is 16.4. The number of hydrogen-bond donors (Lipinski definition) is 1. The number of benzene rings is 1. The SMILES string of the molecule is O=C(O)c1nnc(C2Cc3ccccc32)o1. The van der Waals surface area contributed by atoms with Gasteiger partial charge in [0, 0.05) is 0 Å². The molecule has 1 aromatic carbocycles. The fraction of sp³-hybridized carbons (Fsp3) is 0.182. The fourth-order valence-electron chi connectivity index (χ4n) is 1.94. The molecule has 1 N–H and O–H groups in total. The molecule has 5 nitrogen and oxygen atoms in total. The van der Waals surface area contributed by atoms with Crippen LogP contribution in [-0.2, 0) is 6.42 Å². The lowest BCUT2D eigenvalue weighted by Gasteiger charge is -2.26. The lowest BCUT2D eigenvalue weighted by molar-refractivity contribution is 0.0651. The number of aromatic carboxylic acids is 1. The molecule has 0 amide bonds. The zero-order valence-electron chi connectivity index (χ0n) is 8.25. The van der Waals surface area contributed by atoms with Crippen LogP contribution in [0.2, 0.25) is 0 Å². The van der Waals surface area contributed by atoms with Gasteiger partial charge < -0.3 is 9.52 Å². The Hall–Kier alpha value is -2.17. The summed E-state index contributed by atoms with van der Waals surface area (Å²) in [6, 6.07) is 7.96. The monoisotopic (exact) mass is 216 g/mol. The number of rotatable bonds is 2. The maximum absolute atomic E-state index is 10.6. The first-order chi connectivity index (χ1) is 7.75. The van der Waals surface area contributed by atoms with Crippen LogP contribution in [-0.4, -0.2) is 21.3 Å². The Kier molecular flexibility index (Phi) is 1.80. The average molecular weight is 216 g/mol. The molecule has 1 atom stereocenters. The molecule has 0 aliphatic heterocycles. The summed E-state index contributed by atoms with van der Waals surface area (Å²) < 4.78 is 5.08. The van der Waals surface area contributed by atoms with E-state index in [1.54, 1.807) is 0 Å². The molecule has 0 saturated carbocycles. The zero-order valence-corrected chi connectivity index (χ0v) is 8.25. The molecule has 0 radical (unpaired) electrons. The topological polar surface area (TPSA) is 76.2 Å². The summed E-state index contributed by atoms with van der Waals surface area (Å²) in [6.07, 6.45) is 0.831. The molecular weight excluding hydrogens is 208 g/mol. The van der Waals surface area contributed by atoms with Crippen molar-refractivity contribution in [3.05, 3.63) is 47.2 Å². The Balaban J connectivity index is 1.93. The lowest BCUT2D eigenvalue weighted by atomic mass is 9.77. The molecule has 5 heteroatoms. The van der Waals surface area contributed by atoms with E-state index in [0.717, 1.165) is 12.0 Å². The normalized spacial score (nSPS) is 17.6. The van der Waals surface area contributed by atoms with E-state index in [9.17, 15) is 4.79 Å². The van der Waals surface area contributed by atoms with Gasteiger partial charge in [0.05, 0.1) is 5.92 Å². The predicted molar refractivity (Wildman–Crippen MR) is 53.2 cm³/mol. The number of carboxylic acids is 1. The average Bonchev–Trinajstić information content (AvgIpc) is 2.69.